The van der Waals surface area contributed by atoms with Crippen LogP contribution in [0.25, 0.3) is 33.0 Å². The summed E-state index contributed by atoms with van der Waals surface area (Å²) in [5, 5.41) is 2.02. The zero-order chi connectivity index (χ0) is 17.0. The molecule has 122 valence electrons. The number of benzene rings is 3. The molecule has 0 unspecified atom stereocenters. The van der Waals surface area contributed by atoms with Crippen molar-refractivity contribution in [1.82, 2.24) is 4.98 Å². The van der Waals surface area contributed by atoms with E-state index in [2.05, 4.69) is 24.0 Å². The van der Waals surface area contributed by atoms with Crippen molar-refractivity contribution in [2.75, 3.05) is 11.9 Å². The summed E-state index contributed by atoms with van der Waals surface area (Å²) in [5.74, 6) is 0. The van der Waals surface area contributed by atoms with E-state index in [1.807, 2.05) is 60.5 Å². The highest BCUT2D eigenvalue weighted by Gasteiger charge is 2.18. The molecule has 0 saturated carbocycles. The molecule has 0 spiro atoms. The standard InChI is InChI=1S/C21H16N2O2/c1-13-7-3-5-9-16(13)23(2)21-22-15-11-12-18-19(20(15)25-21)14-8-4-6-10-17(14)24-18/h3-12H,1-2H3. The van der Waals surface area contributed by atoms with Crippen molar-refractivity contribution >= 4 is 44.7 Å². The number of nitrogens with zero attached hydrogens (tertiary/aromatic N) is 2. The van der Waals surface area contributed by atoms with Crippen LogP contribution in [0.3, 0.4) is 0 Å². The van der Waals surface area contributed by atoms with Gasteiger partial charge in [0.05, 0.1) is 5.39 Å². The Hall–Kier alpha value is -3.27. The third-order valence-corrected chi connectivity index (χ3v) is 4.65. The molecule has 5 aromatic rings. The molecule has 0 aliphatic heterocycles. The van der Waals surface area contributed by atoms with E-state index in [1.165, 1.54) is 5.56 Å². The summed E-state index contributed by atoms with van der Waals surface area (Å²) in [6, 6.07) is 20.7. The molecule has 0 aliphatic carbocycles. The Kier molecular flexibility index (Phi) is 2.88. The minimum Gasteiger partial charge on any atom is -0.456 e. The zero-order valence-corrected chi connectivity index (χ0v) is 14.0. The van der Waals surface area contributed by atoms with Crippen LogP contribution in [-0.2, 0) is 0 Å². The van der Waals surface area contributed by atoms with Crippen LogP contribution in [0, 0.1) is 6.92 Å². The molecule has 25 heavy (non-hydrogen) atoms. The average molecular weight is 328 g/mol. The summed E-state index contributed by atoms with van der Waals surface area (Å²) in [7, 11) is 1.97. The maximum Gasteiger partial charge on any atom is 0.302 e. The van der Waals surface area contributed by atoms with Gasteiger partial charge in [0.1, 0.15) is 16.7 Å². The second-order valence-electron chi connectivity index (χ2n) is 6.23. The SMILES string of the molecule is Cc1ccccc1N(C)c1nc2ccc3oc4ccccc4c3c2o1. The minimum absolute atomic E-state index is 0.571. The highest BCUT2D eigenvalue weighted by Crippen LogP contribution is 2.37. The topological polar surface area (TPSA) is 42.4 Å². The van der Waals surface area contributed by atoms with Crippen LogP contribution >= 0.6 is 0 Å². The Morgan fingerprint density at radius 1 is 0.840 bits per heavy atom. The summed E-state index contributed by atoms with van der Waals surface area (Å²) in [5.41, 5.74) is 5.51. The number of para-hydroxylation sites is 2. The first-order chi connectivity index (χ1) is 12.2. The van der Waals surface area contributed by atoms with Gasteiger partial charge in [0.25, 0.3) is 0 Å². The van der Waals surface area contributed by atoms with Gasteiger partial charge in [-0.1, -0.05) is 36.4 Å². The third kappa shape index (κ3) is 2.04. The van der Waals surface area contributed by atoms with Crippen molar-refractivity contribution in [3.05, 3.63) is 66.2 Å². The lowest BCUT2D eigenvalue weighted by molar-refractivity contribution is 0.605. The van der Waals surface area contributed by atoms with Crippen LogP contribution < -0.4 is 4.90 Å². The number of hydrogen-bond acceptors (Lipinski definition) is 4. The molecule has 4 heteroatoms. The molecule has 0 amide bonds. The quantitative estimate of drug-likeness (QED) is 0.410. The van der Waals surface area contributed by atoms with E-state index in [0.29, 0.717) is 6.01 Å². The number of fused-ring (bicyclic) bond motifs is 5. The van der Waals surface area contributed by atoms with Gasteiger partial charge in [-0.15, -0.1) is 0 Å². The Morgan fingerprint density at radius 3 is 2.52 bits per heavy atom. The van der Waals surface area contributed by atoms with Crippen LogP contribution in [0.5, 0.6) is 0 Å². The molecule has 0 N–H and O–H groups in total. The maximum atomic E-state index is 6.17. The van der Waals surface area contributed by atoms with Crippen LogP contribution in [0.2, 0.25) is 0 Å². The summed E-state index contributed by atoms with van der Waals surface area (Å²) in [6.07, 6.45) is 0. The fraction of sp³-hybridized carbons (Fsp3) is 0.0952. The van der Waals surface area contributed by atoms with E-state index in [9.17, 15) is 0 Å². The summed E-state index contributed by atoms with van der Waals surface area (Å²) in [6.45, 7) is 2.08. The first kappa shape index (κ1) is 14.1. The van der Waals surface area contributed by atoms with Gasteiger partial charge in [0.15, 0.2) is 5.58 Å². The second kappa shape index (κ2) is 5.11. The molecule has 0 saturated heterocycles. The van der Waals surface area contributed by atoms with Crippen molar-refractivity contribution in [3.8, 4) is 0 Å². The number of rotatable bonds is 2. The molecule has 4 nitrogen and oxygen atoms in total. The van der Waals surface area contributed by atoms with E-state index in [-0.39, 0.29) is 0 Å². The molecule has 0 bridgehead atoms. The van der Waals surface area contributed by atoms with Crippen molar-refractivity contribution in [1.29, 1.82) is 0 Å². The van der Waals surface area contributed by atoms with Crippen molar-refractivity contribution in [2.24, 2.45) is 0 Å². The number of aryl methyl sites for hydroxylation is 1. The number of hydrogen-bond donors (Lipinski definition) is 0. The fourth-order valence-electron chi connectivity index (χ4n) is 3.37. The normalized spacial score (nSPS) is 11.6. The van der Waals surface area contributed by atoms with Crippen molar-refractivity contribution in [2.45, 2.75) is 6.92 Å². The number of furan rings is 1. The fourth-order valence-corrected chi connectivity index (χ4v) is 3.37. The highest BCUT2D eigenvalue weighted by atomic mass is 16.4. The van der Waals surface area contributed by atoms with Crippen LogP contribution in [0.1, 0.15) is 5.56 Å². The third-order valence-electron chi connectivity index (χ3n) is 4.65. The van der Waals surface area contributed by atoms with Crippen LogP contribution in [0.4, 0.5) is 11.7 Å². The smallest absolute Gasteiger partial charge is 0.302 e. The molecule has 0 atom stereocenters. The van der Waals surface area contributed by atoms with Gasteiger partial charge >= 0.3 is 6.01 Å². The Bertz CT molecular complexity index is 1230. The van der Waals surface area contributed by atoms with Crippen molar-refractivity contribution < 1.29 is 8.83 Å². The van der Waals surface area contributed by atoms with Gasteiger partial charge in [0, 0.05) is 18.1 Å². The lowest BCUT2D eigenvalue weighted by Crippen LogP contribution is -2.10. The van der Waals surface area contributed by atoms with Gasteiger partial charge < -0.3 is 8.83 Å². The molecule has 0 aliphatic rings. The molecular formula is C21H16N2O2. The lowest BCUT2D eigenvalue weighted by Gasteiger charge is -2.16. The lowest BCUT2D eigenvalue weighted by atomic mass is 10.1. The Balaban J connectivity index is 1.76. The monoisotopic (exact) mass is 328 g/mol. The van der Waals surface area contributed by atoms with Crippen LogP contribution in [-0.4, -0.2) is 12.0 Å². The minimum atomic E-state index is 0.571. The summed E-state index contributed by atoms with van der Waals surface area (Å²) in [4.78, 5) is 6.66. The van der Waals surface area contributed by atoms with E-state index >= 15 is 0 Å². The Labute approximate surface area is 144 Å². The zero-order valence-electron chi connectivity index (χ0n) is 14.0. The molecule has 0 radical (unpaired) electrons. The van der Waals surface area contributed by atoms with E-state index < -0.39 is 0 Å². The molecular weight excluding hydrogens is 312 g/mol. The second-order valence-corrected chi connectivity index (χ2v) is 6.23. The Morgan fingerprint density at radius 2 is 1.64 bits per heavy atom. The first-order valence-corrected chi connectivity index (χ1v) is 8.22. The summed E-state index contributed by atoms with van der Waals surface area (Å²) >= 11 is 0. The van der Waals surface area contributed by atoms with E-state index in [4.69, 9.17) is 8.83 Å². The van der Waals surface area contributed by atoms with Crippen LogP contribution in [0.15, 0.2) is 69.5 Å². The predicted octanol–water partition coefficient (Wildman–Crippen LogP) is 5.80. The van der Waals surface area contributed by atoms with Gasteiger partial charge in [-0.2, -0.15) is 4.98 Å². The molecule has 5 rings (SSSR count). The van der Waals surface area contributed by atoms with Crippen molar-refractivity contribution in [3.63, 3.8) is 0 Å². The largest absolute Gasteiger partial charge is 0.456 e. The van der Waals surface area contributed by atoms with Gasteiger partial charge in [-0.25, -0.2) is 0 Å². The molecule has 2 heterocycles. The maximum absolute atomic E-state index is 6.17. The highest BCUT2D eigenvalue weighted by molar-refractivity contribution is 6.16. The molecule has 2 aromatic heterocycles. The van der Waals surface area contributed by atoms with Gasteiger partial charge in [0.2, 0.25) is 0 Å². The average Bonchev–Trinajstić information content (AvgIpc) is 3.22. The predicted molar refractivity (Wildman–Crippen MR) is 101 cm³/mol. The van der Waals surface area contributed by atoms with Gasteiger partial charge in [-0.3, -0.25) is 4.90 Å². The number of anilines is 2. The molecule has 3 aromatic carbocycles. The van der Waals surface area contributed by atoms with E-state index in [1.54, 1.807) is 0 Å². The number of aromatic nitrogens is 1. The van der Waals surface area contributed by atoms with Gasteiger partial charge in [-0.05, 0) is 36.8 Å². The van der Waals surface area contributed by atoms with E-state index in [0.717, 1.165) is 38.7 Å². The molecule has 0 fully saturated rings. The number of oxazole rings is 1. The summed E-state index contributed by atoms with van der Waals surface area (Å²) < 4.78 is 12.1. The first-order valence-electron chi connectivity index (χ1n) is 8.22.